The highest BCUT2D eigenvalue weighted by Crippen LogP contribution is 2.33. The molecule has 2 heterocycles. The van der Waals surface area contributed by atoms with E-state index < -0.39 is 0 Å². The number of carbonyl (C=O) groups is 2. The van der Waals surface area contributed by atoms with Crippen molar-refractivity contribution in [3.8, 4) is 0 Å². The van der Waals surface area contributed by atoms with Crippen molar-refractivity contribution in [2.75, 3.05) is 5.32 Å². The highest BCUT2D eigenvalue weighted by molar-refractivity contribution is 7.16. The maximum absolute atomic E-state index is 12.7. The molecule has 1 fully saturated rings. The third-order valence-electron chi connectivity index (χ3n) is 4.39. The molecule has 0 unspecified atom stereocenters. The molecule has 2 amide bonds. The van der Waals surface area contributed by atoms with E-state index in [-0.39, 0.29) is 23.6 Å². The summed E-state index contributed by atoms with van der Waals surface area (Å²) in [5, 5.41) is 10.2. The van der Waals surface area contributed by atoms with E-state index in [0.29, 0.717) is 16.3 Å². The van der Waals surface area contributed by atoms with Crippen LogP contribution in [0, 0.1) is 20.8 Å². The van der Waals surface area contributed by atoms with Crippen molar-refractivity contribution in [1.82, 2.24) is 10.5 Å². The van der Waals surface area contributed by atoms with E-state index in [0.717, 1.165) is 36.1 Å². The van der Waals surface area contributed by atoms with Crippen LogP contribution in [0.2, 0.25) is 0 Å². The summed E-state index contributed by atoms with van der Waals surface area (Å²) >= 11 is 1.41. The number of nitrogens with zero attached hydrogens (tertiary/aromatic N) is 1. The Labute approximate surface area is 144 Å². The van der Waals surface area contributed by atoms with Gasteiger partial charge in [0.25, 0.3) is 11.8 Å². The van der Waals surface area contributed by atoms with E-state index in [1.54, 1.807) is 13.0 Å². The molecule has 2 aromatic rings. The van der Waals surface area contributed by atoms with Gasteiger partial charge in [-0.05, 0) is 39.2 Å². The number of hydrogen-bond donors (Lipinski definition) is 2. The van der Waals surface area contributed by atoms with Crippen molar-refractivity contribution in [2.45, 2.75) is 52.5 Å². The normalized spacial score (nSPS) is 14.8. The van der Waals surface area contributed by atoms with Crippen molar-refractivity contribution in [3.05, 3.63) is 33.5 Å². The van der Waals surface area contributed by atoms with E-state index in [2.05, 4.69) is 15.8 Å². The van der Waals surface area contributed by atoms with Gasteiger partial charge in [-0.3, -0.25) is 9.59 Å². The summed E-state index contributed by atoms with van der Waals surface area (Å²) < 4.78 is 4.93. The smallest absolute Gasteiger partial charge is 0.278 e. The van der Waals surface area contributed by atoms with Crippen LogP contribution in [0.25, 0.3) is 0 Å². The number of rotatable bonds is 4. The average Bonchev–Trinajstić information content (AvgIpc) is 3.23. The Morgan fingerprint density at radius 1 is 1.21 bits per heavy atom. The minimum Gasteiger partial charge on any atom is -0.361 e. The summed E-state index contributed by atoms with van der Waals surface area (Å²) in [4.78, 5) is 26.0. The Morgan fingerprint density at radius 3 is 2.54 bits per heavy atom. The van der Waals surface area contributed by atoms with Crippen LogP contribution in [-0.2, 0) is 0 Å². The largest absolute Gasteiger partial charge is 0.361 e. The summed E-state index contributed by atoms with van der Waals surface area (Å²) in [6, 6.07) is 1.81. The number of amides is 2. The second-order valence-corrected chi connectivity index (χ2v) is 7.44. The lowest BCUT2D eigenvalue weighted by Gasteiger charge is -2.13. The third kappa shape index (κ3) is 3.36. The van der Waals surface area contributed by atoms with Crippen molar-refractivity contribution >= 4 is 28.2 Å². The lowest BCUT2D eigenvalue weighted by molar-refractivity contribution is 0.0938. The van der Waals surface area contributed by atoms with Gasteiger partial charge in [-0.15, -0.1) is 11.3 Å². The van der Waals surface area contributed by atoms with Gasteiger partial charge in [-0.25, -0.2) is 0 Å². The fourth-order valence-electron chi connectivity index (χ4n) is 2.96. The molecule has 0 radical (unpaired) electrons. The predicted octanol–water partition coefficient (Wildman–Crippen LogP) is 3.59. The summed E-state index contributed by atoms with van der Waals surface area (Å²) in [7, 11) is 0. The van der Waals surface area contributed by atoms with E-state index in [9.17, 15) is 9.59 Å². The quantitative estimate of drug-likeness (QED) is 0.885. The number of anilines is 1. The highest BCUT2D eigenvalue weighted by atomic mass is 32.1. The van der Waals surface area contributed by atoms with Crippen molar-refractivity contribution in [1.29, 1.82) is 0 Å². The third-order valence-corrected chi connectivity index (χ3v) is 5.51. The molecule has 2 N–H and O–H groups in total. The van der Waals surface area contributed by atoms with E-state index in [1.165, 1.54) is 11.3 Å². The highest BCUT2D eigenvalue weighted by Gasteiger charge is 2.25. The summed E-state index contributed by atoms with van der Waals surface area (Å²) in [5.41, 5.74) is 1.67. The second kappa shape index (κ2) is 6.76. The maximum Gasteiger partial charge on any atom is 0.278 e. The Bertz CT molecular complexity index is 772. The first-order valence-electron chi connectivity index (χ1n) is 8.11. The molecule has 1 saturated carbocycles. The molecule has 1 aliphatic rings. The summed E-state index contributed by atoms with van der Waals surface area (Å²) in [6.45, 7) is 5.58. The predicted molar refractivity (Wildman–Crippen MR) is 92.7 cm³/mol. The Morgan fingerprint density at radius 2 is 1.92 bits per heavy atom. The minimum absolute atomic E-state index is 0.115. The minimum atomic E-state index is -0.372. The van der Waals surface area contributed by atoms with Crippen LogP contribution in [0.1, 0.15) is 62.7 Å². The molecule has 0 saturated heterocycles. The van der Waals surface area contributed by atoms with Crippen LogP contribution in [0.15, 0.2) is 10.6 Å². The summed E-state index contributed by atoms with van der Waals surface area (Å²) in [5.74, 6) is 0.0799. The van der Waals surface area contributed by atoms with Gasteiger partial charge in [0.05, 0.1) is 5.56 Å². The monoisotopic (exact) mass is 347 g/mol. The number of nitrogens with one attached hydrogen (secondary N) is 2. The van der Waals surface area contributed by atoms with Gasteiger partial charge in [0.2, 0.25) is 0 Å². The zero-order valence-electron chi connectivity index (χ0n) is 14.1. The molecule has 3 rings (SSSR count). The molecule has 0 aromatic carbocycles. The molecule has 24 heavy (non-hydrogen) atoms. The fraction of sp³-hybridized carbons (Fsp3) is 0.471. The topological polar surface area (TPSA) is 84.2 Å². The number of hydrogen-bond acceptors (Lipinski definition) is 5. The zero-order chi connectivity index (χ0) is 17.3. The zero-order valence-corrected chi connectivity index (χ0v) is 14.9. The number of carbonyl (C=O) groups excluding carboxylic acids is 2. The van der Waals surface area contributed by atoms with Gasteiger partial charge < -0.3 is 15.2 Å². The van der Waals surface area contributed by atoms with Gasteiger partial charge in [0, 0.05) is 17.0 Å². The molecule has 0 spiro atoms. The molecule has 0 aliphatic heterocycles. The van der Waals surface area contributed by atoms with Gasteiger partial charge >= 0.3 is 0 Å². The van der Waals surface area contributed by atoms with E-state index in [4.69, 9.17) is 4.52 Å². The Kier molecular flexibility index (Phi) is 4.71. The Balaban J connectivity index is 1.81. The number of thiophene rings is 1. The molecular weight excluding hydrogens is 326 g/mol. The van der Waals surface area contributed by atoms with Crippen LogP contribution in [0.5, 0.6) is 0 Å². The first kappa shape index (κ1) is 16.7. The molecule has 2 aromatic heterocycles. The number of aromatic nitrogens is 1. The lowest BCUT2D eigenvalue weighted by atomic mass is 10.1. The molecule has 0 bridgehead atoms. The first-order valence-corrected chi connectivity index (χ1v) is 8.93. The van der Waals surface area contributed by atoms with Crippen LogP contribution in [-0.4, -0.2) is 23.0 Å². The summed E-state index contributed by atoms with van der Waals surface area (Å²) in [6.07, 6.45) is 4.35. The van der Waals surface area contributed by atoms with Gasteiger partial charge in [0.15, 0.2) is 5.69 Å². The fourth-order valence-corrected chi connectivity index (χ4v) is 4.01. The standard InChI is InChI=1S/C17H21N3O3S/c1-9-8-13(20-23-9)15(21)19-17-14(10(2)11(3)24-17)16(22)18-12-6-4-5-7-12/h8,12H,4-7H2,1-3H3,(H,18,22)(H,19,21). The van der Waals surface area contributed by atoms with Gasteiger partial charge in [-0.1, -0.05) is 18.0 Å². The van der Waals surface area contributed by atoms with Gasteiger partial charge in [0.1, 0.15) is 10.8 Å². The SMILES string of the molecule is Cc1cc(C(=O)Nc2sc(C)c(C)c2C(=O)NC2CCCC2)no1. The van der Waals surface area contributed by atoms with E-state index >= 15 is 0 Å². The number of aryl methyl sites for hydroxylation is 2. The maximum atomic E-state index is 12.7. The van der Waals surface area contributed by atoms with Gasteiger partial charge in [-0.2, -0.15) is 0 Å². The van der Waals surface area contributed by atoms with Crippen LogP contribution < -0.4 is 10.6 Å². The lowest BCUT2D eigenvalue weighted by Crippen LogP contribution is -2.33. The second-order valence-electron chi connectivity index (χ2n) is 6.22. The van der Waals surface area contributed by atoms with Crippen molar-refractivity contribution < 1.29 is 14.1 Å². The van der Waals surface area contributed by atoms with E-state index in [1.807, 2.05) is 13.8 Å². The van der Waals surface area contributed by atoms with Crippen LogP contribution >= 0.6 is 11.3 Å². The Hall–Kier alpha value is -2.15. The molecular formula is C17H21N3O3S. The molecule has 1 aliphatic carbocycles. The van der Waals surface area contributed by atoms with Crippen molar-refractivity contribution in [3.63, 3.8) is 0 Å². The first-order chi connectivity index (χ1) is 11.5. The molecule has 6 nitrogen and oxygen atoms in total. The van der Waals surface area contributed by atoms with Crippen LogP contribution in [0.3, 0.4) is 0 Å². The molecule has 7 heteroatoms. The molecule has 128 valence electrons. The average molecular weight is 347 g/mol. The molecule has 0 atom stereocenters. The van der Waals surface area contributed by atoms with Crippen LogP contribution in [0.4, 0.5) is 5.00 Å². The van der Waals surface area contributed by atoms with Crippen molar-refractivity contribution in [2.24, 2.45) is 0 Å².